The number of aromatic nitrogens is 5. The Bertz CT molecular complexity index is 3020. The van der Waals surface area contributed by atoms with E-state index in [0.717, 1.165) is 59.9 Å². The molecule has 2 saturated heterocycles. The average molecular weight is 1060 g/mol. The van der Waals surface area contributed by atoms with E-state index < -0.39 is 11.3 Å². The van der Waals surface area contributed by atoms with Gasteiger partial charge in [-0.1, -0.05) is 68.2 Å². The molecule has 2 aromatic heterocycles. The number of nitrogens with two attached hydrogens (primary N) is 1. The van der Waals surface area contributed by atoms with Crippen LogP contribution >= 0.6 is 0 Å². The number of nitrogens with one attached hydrogen (secondary N) is 1. The minimum absolute atomic E-state index is 0. The van der Waals surface area contributed by atoms with E-state index >= 15 is 8.78 Å². The number of likely N-dealkylation sites (tertiary alicyclic amines) is 2. The Morgan fingerprint density at radius 3 is 1.51 bits per heavy atom. The fourth-order valence-corrected chi connectivity index (χ4v) is 10.3. The summed E-state index contributed by atoms with van der Waals surface area (Å²) in [5, 5.41) is 40.5. The van der Waals surface area contributed by atoms with Crippen LogP contribution in [0.2, 0.25) is 0 Å². The Labute approximate surface area is 485 Å². The smallest absolute Gasteiger partial charge is 0.870 e. The predicted octanol–water partition coefficient (Wildman–Crippen LogP) is 7.23. The Kier molecular flexibility index (Phi) is 20.6. The number of aryl methyl sites for hydroxylation is 2. The Balaban J connectivity index is 0.000000229. The van der Waals surface area contributed by atoms with E-state index in [1.54, 1.807) is 65.3 Å². The number of nitrogen functional groups attached to an aromatic ring is 1. The number of halogens is 2. The van der Waals surface area contributed by atoms with Gasteiger partial charge in [0.2, 0.25) is 5.89 Å². The number of carbonyl (C=O) groups excluding carboxylic acids is 2. The molecule has 0 spiro atoms. The summed E-state index contributed by atoms with van der Waals surface area (Å²) in [7, 11) is 1.52. The number of anilines is 1. The van der Waals surface area contributed by atoms with Gasteiger partial charge >= 0.3 is 63.4 Å². The molecule has 5 N–H and O–H groups in total. The number of nitrogens with zero attached hydrogens (tertiary/aromatic N) is 8. The molecule has 4 heterocycles. The first-order chi connectivity index (χ1) is 35.8. The zero-order chi connectivity index (χ0) is 52.6. The number of ether oxygens (including phenoxy) is 1. The second-order valence-corrected chi connectivity index (χ2v) is 19.5. The van der Waals surface area contributed by atoms with Gasteiger partial charge < -0.3 is 35.3 Å². The van der Waals surface area contributed by atoms with E-state index in [9.17, 15) is 9.59 Å². The number of methoxy groups -OCH3 is 1. The van der Waals surface area contributed by atoms with Crippen LogP contribution in [0.5, 0.6) is 6.01 Å². The van der Waals surface area contributed by atoms with Crippen LogP contribution in [0.1, 0.15) is 162 Å². The van der Waals surface area contributed by atoms with Gasteiger partial charge in [-0.15, -0.1) is 10.2 Å². The SMILES string of the molecule is CCO.CCc1cc(C2CCC2)c(-c2nc(OC)n[nH]2)cc1C(=O)N1CCC(F)(c2ccc(C#N)cc2)CC1.CCc1cc(C2CCC2)c(-c2nnc(N)o2)cc1C(=O)N1CCC(F)(c2ccc(C#N)cc2)CC1.[K+].[OH-]. The number of aromatic amines is 1. The van der Waals surface area contributed by atoms with Crippen LogP contribution in [0.25, 0.3) is 22.8 Å². The molecule has 10 rings (SSSR count). The summed E-state index contributed by atoms with van der Waals surface area (Å²) in [6, 6.07) is 25.7. The van der Waals surface area contributed by atoms with Gasteiger partial charge in [0.1, 0.15) is 11.3 Å². The number of alkyl halides is 2. The molecule has 16 nitrogen and oxygen atoms in total. The van der Waals surface area contributed by atoms with E-state index in [-0.39, 0.29) is 113 Å². The first-order valence-corrected chi connectivity index (χ1v) is 25.8. The third-order valence-corrected chi connectivity index (χ3v) is 15.2. The monoisotopic (exact) mass is 1060 g/mol. The van der Waals surface area contributed by atoms with Gasteiger partial charge in [0.25, 0.3) is 11.8 Å². The minimum atomic E-state index is -1.52. The Morgan fingerprint density at radius 1 is 0.750 bits per heavy atom. The van der Waals surface area contributed by atoms with E-state index in [4.69, 9.17) is 30.5 Å². The van der Waals surface area contributed by atoms with E-state index in [0.29, 0.717) is 89.5 Å². The van der Waals surface area contributed by atoms with Crippen molar-refractivity contribution in [2.45, 2.75) is 121 Å². The van der Waals surface area contributed by atoms with Gasteiger partial charge in [-0.2, -0.15) is 15.5 Å². The molecule has 0 bridgehead atoms. The number of aliphatic hydroxyl groups is 1. The molecule has 6 aromatic rings. The molecule has 0 radical (unpaired) electrons. The topological polar surface area (TPSA) is 254 Å². The molecule has 4 aliphatic rings. The minimum Gasteiger partial charge on any atom is -0.870 e. The second kappa shape index (κ2) is 26.4. The van der Waals surface area contributed by atoms with Crippen molar-refractivity contribution in [1.82, 2.24) is 35.2 Å². The quantitative estimate of drug-likeness (QED) is 0.108. The maximum absolute atomic E-state index is 15.8. The third-order valence-electron chi connectivity index (χ3n) is 15.2. The molecule has 0 unspecified atom stereocenters. The maximum Gasteiger partial charge on any atom is 1.00 e. The number of rotatable bonds is 11. The van der Waals surface area contributed by atoms with Crippen molar-refractivity contribution in [3.8, 4) is 41.0 Å². The summed E-state index contributed by atoms with van der Waals surface area (Å²) in [6.45, 7) is 7.30. The standard InChI is InChI=1S/C28H30FN5O2.C27H28FN5O2.C2H6O.K.H2O/c1-3-19-15-22(20-5-4-6-20)24(25-31-27(36-2)33-32-25)16-23(19)26(35)34-13-11-28(29,12-14-34)21-9-7-18(17-30)8-10-21;1-2-18-14-21(19-4-3-5-19)23(24-31-32-26(30)35-24)15-22(18)25(34)33-12-10-27(28,11-13-33)20-8-6-17(16-29)7-9-20;1-2-3;;/h7-10,15-16,20H,3-6,11-14H2,1-2H3,(H,31,32,33);6-9,14-15,19H,2-5,10-13H2,1H3,(H2,30,32);3H,2H2,1H3;;1H2/q;;;+1;/p-1. The Hall–Kier alpha value is -5.90. The zero-order valence-electron chi connectivity index (χ0n) is 44.0. The van der Waals surface area contributed by atoms with Crippen molar-refractivity contribution in [2.75, 3.05) is 45.6 Å². The number of amides is 2. The van der Waals surface area contributed by atoms with Crippen LogP contribution in [0.3, 0.4) is 0 Å². The zero-order valence-corrected chi connectivity index (χ0v) is 47.2. The molecule has 19 heteroatoms. The molecule has 4 fully saturated rings. The molecule has 2 saturated carbocycles. The number of hydrogen-bond acceptors (Lipinski definition) is 13. The first kappa shape index (κ1) is 59.3. The summed E-state index contributed by atoms with van der Waals surface area (Å²) in [6.07, 6.45) is 9.09. The molecule has 0 atom stereocenters. The molecule has 4 aromatic carbocycles. The number of piperidine rings is 2. The summed E-state index contributed by atoms with van der Waals surface area (Å²) in [5.74, 6) is 1.57. The van der Waals surface area contributed by atoms with Gasteiger partial charge in [0, 0.05) is 80.7 Å². The van der Waals surface area contributed by atoms with Crippen molar-refractivity contribution in [2.24, 2.45) is 0 Å². The first-order valence-electron chi connectivity index (χ1n) is 25.8. The number of hydrogen-bond donors (Lipinski definition) is 3. The molecular formula is C57H65F2KN10O6. The number of nitriles is 2. The van der Waals surface area contributed by atoms with E-state index in [1.165, 1.54) is 25.5 Å². The van der Waals surface area contributed by atoms with Crippen LogP contribution in [-0.4, -0.2) is 97.5 Å². The van der Waals surface area contributed by atoms with Crippen molar-refractivity contribution in [3.05, 3.63) is 128 Å². The second-order valence-electron chi connectivity index (χ2n) is 19.5. The average Bonchev–Trinajstić information content (AvgIpc) is 4.07. The molecule has 394 valence electrons. The van der Waals surface area contributed by atoms with E-state index in [1.807, 2.05) is 19.1 Å². The van der Waals surface area contributed by atoms with Crippen molar-refractivity contribution in [1.29, 1.82) is 10.5 Å². The van der Waals surface area contributed by atoms with Crippen molar-refractivity contribution >= 4 is 17.8 Å². The van der Waals surface area contributed by atoms with E-state index in [2.05, 4.69) is 56.6 Å². The predicted molar refractivity (Wildman–Crippen MR) is 277 cm³/mol. The van der Waals surface area contributed by atoms with Gasteiger partial charge in [0.05, 0.1) is 30.4 Å². The van der Waals surface area contributed by atoms with Crippen LogP contribution in [0.15, 0.2) is 77.2 Å². The number of aliphatic hydroxyl groups excluding tert-OH is 1. The summed E-state index contributed by atoms with van der Waals surface area (Å²) in [5.41, 5.74) is 11.9. The number of carbonyl (C=O) groups is 2. The van der Waals surface area contributed by atoms with Crippen LogP contribution in [0.4, 0.5) is 14.8 Å². The Morgan fingerprint density at radius 2 is 1.17 bits per heavy atom. The van der Waals surface area contributed by atoms with Crippen molar-refractivity contribution < 1.29 is 89.5 Å². The maximum atomic E-state index is 15.8. The molecule has 76 heavy (non-hydrogen) atoms. The fourth-order valence-electron chi connectivity index (χ4n) is 10.3. The summed E-state index contributed by atoms with van der Waals surface area (Å²) >= 11 is 0. The van der Waals surface area contributed by atoms with Crippen LogP contribution in [0, 0.1) is 22.7 Å². The largest absolute Gasteiger partial charge is 1.00 e. The van der Waals surface area contributed by atoms with Gasteiger partial charge in [-0.3, -0.25) is 14.7 Å². The van der Waals surface area contributed by atoms with Gasteiger partial charge in [-0.05, 0) is 127 Å². The summed E-state index contributed by atoms with van der Waals surface area (Å²) < 4.78 is 42.2. The van der Waals surface area contributed by atoms with Gasteiger partial charge in [0.15, 0.2) is 5.82 Å². The number of benzene rings is 4. The number of H-pyrrole nitrogens is 1. The third kappa shape index (κ3) is 12.9. The molecule has 2 amide bonds. The summed E-state index contributed by atoms with van der Waals surface area (Å²) in [4.78, 5) is 35.3. The van der Waals surface area contributed by atoms with Gasteiger partial charge in [-0.25, -0.2) is 8.78 Å². The van der Waals surface area contributed by atoms with Crippen LogP contribution in [-0.2, 0) is 24.2 Å². The van der Waals surface area contributed by atoms with Crippen LogP contribution < -0.4 is 61.9 Å². The van der Waals surface area contributed by atoms with Crippen molar-refractivity contribution in [3.63, 3.8) is 0 Å². The normalized spacial score (nSPS) is 16.5. The molecule has 2 aliphatic heterocycles. The molecule has 2 aliphatic carbocycles. The fraction of sp³-hybridized carbons (Fsp3) is 0.439. The molecular weight excluding hydrogens is 998 g/mol.